The summed E-state index contributed by atoms with van der Waals surface area (Å²) in [5.74, 6) is 1.75. The van der Waals surface area contributed by atoms with Crippen LogP contribution in [0.5, 0.6) is 0 Å². The third kappa shape index (κ3) is 3.69. The lowest BCUT2D eigenvalue weighted by atomic mass is 10.2. The Bertz CT molecular complexity index is 613. The summed E-state index contributed by atoms with van der Waals surface area (Å²) in [6, 6.07) is 0.264. The maximum absolute atomic E-state index is 12.4. The number of rotatable bonds is 5. The number of hydrogen-bond donors (Lipinski definition) is 0. The highest BCUT2D eigenvalue weighted by Gasteiger charge is 2.32. The molecule has 24 heavy (non-hydrogen) atoms. The van der Waals surface area contributed by atoms with Crippen LogP contribution in [0.1, 0.15) is 37.9 Å². The van der Waals surface area contributed by atoms with Gasteiger partial charge in [-0.15, -0.1) is 0 Å². The first-order chi connectivity index (χ1) is 11.5. The molecule has 3 rings (SSSR count). The van der Waals surface area contributed by atoms with Crippen molar-refractivity contribution in [3.63, 3.8) is 0 Å². The predicted molar refractivity (Wildman–Crippen MR) is 84.8 cm³/mol. The van der Waals surface area contributed by atoms with Crippen molar-refractivity contribution < 1.29 is 18.8 Å². The molecular formula is C16H24N4O4. The minimum atomic E-state index is -0.104. The molecule has 0 saturated carbocycles. The quantitative estimate of drug-likeness (QED) is 0.797. The Labute approximate surface area is 141 Å². The van der Waals surface area contributed by atoms with Crippen LogP contribution >= 0.6 is 0 Å². The monoisotopic (exact) mass is 336 g/mol. The molecule has 0 N–H and O–H groups in total. The van der Waals surface area contributed by atoms with Gasteiger partial charge in [0.25, 0.3) is 5.91 Å². The van der Waals surface area contributed by atoms with Crippen LogP contribution in [0.2, 0.25) is 0 Å². The van der Waals surface area contributed by atoms with Crippen LogP contribution in [0.3, 0.4) is 0 Å². The number of hydrogen-bond acceptors (Lipinski definition) is 7. The van der Waals surface area contributed by atoms with E-state index in [1.54, 1.807) is 4.90 Å². The summed E-state index contributed by atoms with van der Waals surface area (Å²) in [4.78, 5) is 20.8. The van der Waals surface area contributed by atoms with Gasteiger partial charge in [-0.3, -0.25) is 9.69 Å². The highest BCUT2D eigenvalue weighted by Crippen LogP contribution is 2.20. The van der Waals surface area contributed by atoms with E-state index in [-0.39, 0.29) is 17.9 Å². The van der Waals surface area contributed by atoms with Gasteiger partial charge in [-0.25, -0.2) is 0 Å². The first kappa shape index (κ1) is 16.8. The number of likely N-dealkylation sites (N-methyl/N-ethyl adjacent to an activating group) is 1. The Morgan fingerprint density at radius 1 is 1.46 bits per heavy atom. The molecule has 1 aromatic heterocycles. The summed E-state index contributed by atoms with van der Waals surface area (Å²) in [6.07, 6.45) is 2.32. The molecule has 0 radical (unpaired) electrons. The summed E-state index contributed by atoms with van der Waals surface area (Å²) >= 11 is 0. The third-order valence-corrected chi connectivity index (χ3v) is 4.30. The van der Waals surface area contributed by atoms with E-state index in [9.17, 15) is 4.79 Å². The maximum Gasteiger partial charge on any atom is 0.292 e. The van der Waals surface area contributed by atoms with Gasteiger partial charge in [-0.1, -0.05) is 19.0 Å². The van der Waals surface area contributed by atoms with Gasteiger partial charge in [-0.2, -0.15) is 4.98 Å². The zero-order chi connectivity index (χ0) is 17.1. The summed E-state index contributed by atoms with van der Waals surface area (Å²) in [5, 5.41) is 4.02. The van der Waals surface area contributed by atoms with Gasteiger partial charge < -0.3 is 18.9 Å². The van der Waals surface area contributed by atoms with Crippen LogP contribution < -0.4 is 0 Å². The van der Waals surface area contributed by atoms with Crippen molar-refractivity contribution >= 4 is 5.91 Å². The average Bonchev–Trinajstić information content (AvgIpc) is 3.24. The van der Waals surface area contributed by atoms with Gasteiger partial charge >= 0.3 is 0 Å². The summed E-state index contributed by atoms with van der Waals surface area (Å²) < 4.78 is 15.8. The van der Waals surface area contributed by atoms with Gasteiger partial charge in [0.1, 0.15) is 19.5 Å². The van der Waals surface area contributed by atoms with Crippen LogP contribution in [0.4, 0.5) is 0 Å². The van der Waals surface area contributed by atoms with E-state index in [0.29, 0.717) is 50.3 Å². The van der Waals surface area contributed by atoms with Crippen molar-refractivity contribution in [3.8, 4) is 0 Å². The first-order valence-corrected chi connectivity index (χ1v) is 8.31. The summed E-state index contributed by atoms with van der Waals surface area (Å²) in [7, 11) is 2.02. The fourth-order valence-electron chi connectivity index (χ4n) is 2.84. The van der Waals surface area contributed by atoms with E-state index in [4.69, 9.17) is 14.0 Å². The van der Waals surface area contributed by atoms with Crippen molar-refractivity contribution in [1.82, 2.24) is 19.9 Å². The lowest BCUT2D eigenvalue weighted by Gasteiger charge is -2.24. The van der Waals surface area contributed by atoms with Crippen molar-refractivity contribution in [1.29, 1.82) is 0 Å². The van der Waals surface area contributed by atoms with E-state index in [2.05, 4.69) is 15.0 Å². The Balaban J connectivity index is 1.54. The number of aromatic nitrogens is 2. The lowest BCUT2D eigenvalue weighted by molar-refractivity contribution is -0.131. The van der Waals surface area contributed by atoms with Gasteiger partial charge in [0.15, 0.2) is 5.82 Å². The minimum Gasteiger partial charge on any atom is -0.494 e. The van der Waals surface area contributed by atoms with Crippen LogP contribution in [0.15, 0.2) is 16.5 Å². The zero-order valence-corrected chi connectivity index (χ0v) is 14.4. The number of nitrogens with zero attached hydrogens (tertiary/aromatic N) is 4. The average molecular weight is 336 g/mol. The van der Waals surface area contributed by atoms with Gasteiger partial charge in [0, 0.05) is 25.0 Å². The molecule has 0 bridgehead atoms. The Morgan fingerprint density at radius 3 is 2.96 bits per heavy atom. The Morgan fingerprint density at radius 2 is 2.29 bits per heavy atom. The summed E-state index contributed by atoms with van der Waals surface area (Å²) in [5.41, 5.74) is 0. The second kappa shape index (κ2) is 7.21. The second-order valence-corrected chi connectivity index (χ2v) is 6.51. The maximum atomic E-state index is 12.4. The molecule has 1 fully saturated rings. The highest BCUT2D eigenvalue weighted by molar-refractivity contribution is 5.91. The normalized spacial score (nSPS) is 21.0. The van der Waals surface area contributed by atoms with Crippen LogP contribution in [0, 0.1) is 0 Å². The topological polar surface area (TPSA) is 80.9 Å². The van der Waals surface area contributed by atoms with E-state index >= 15 is 0 Å². The van der Waals surface area contributed by atoms with E-state index < -0.39 is 0 Å². The zero-order valence-electron chi connectivity index (χ0n) is 14.4. The van der Waals surface area contributed by atoms with Crippen molar-refractivity contribution in [3.05, 3.63) is 23.7 Å². The molecule has 132 valence electrons. The van der Waals surface area contributed by atoms with Crippen molar-refractivity contribution in [2.24, 2.45) is 0 Å². The van der Waals surface area contributed by atoms with Crippen molar-refractivity contribution in [2.75, 3.05) is 33.4 Å². The predicted octanol–water partition coefficient (Wildman–Crippen LogP) is 1.11. The fourth-order valence-corrected chi connectivity index (χ4v) is 2.84. The van der Waals surface area contributed by atoms with E-state index in [0.717, 1.165) is 6.42 Å². The number of amides is 1. The molecule has 0 unspecified atom stereocenters. The van der Waals surface area contributed by atoms with Gasteiger partial charge in [0.2, 0.25) is 11.6 Å². The Hall–Kier alpha value is -2.09. The fraction of sp³-hybridized carbons (Fsp3) is 0.688. The van der Waals surface area contributed by atoms with Crippen molar-refractivity contribution in [2.45, 2.75) is 38.8 Å². The highest BCUT2D eigenvalue weighted by atomic mass is 16.6. The number of carbonyl (C=O) groups excluding carboxylic acids is 1. The molecule has 1 aromatic rings. The second-order valence-electron chi connectivity index (χ2n) is 6.51. The van der Waals surface area contributed by atoms with Crippen LogP contribution in [-0.2, 0) is 20.8 Å². The Kier molecular flexibility index (Phi) is 5.03. The number of ether oxygens (including phenoxy) is 2. The van der Waals surface area contributed by atoms with Crippen LogP contribution in [-0.4, -0.2) is 65.2 Å². The molecule has 0 spiro atoms. The molecule has 0 aliphatic carbocycles. The summed E-state index contributed by atoms with van der Waals surface area (Å²) in [6.45, 7) is 6.92. The third-order valence-electron chi connectivity index (χ3n) is 4.30. The van der Waals surface area contributed by atoms with E-state index in [1.165, 1.54) is 6.26 Å². The molecule has 8 nitrogen and oxygen atoms in total. The van der Waals surface area contributed by atoms with Gasteiger partial charge in [0.05, 0.1) is 6.54 Å². The molecule has 0 aromatic carbocycles. The van der Waals surface area contributed by atoms with Gasteiger partial charge in [-0.05, 0) is 13.5 Å². The number of carbonyl (C=O) groups is 1. The molecule has 3 heterocycles. The standard InChI is InChI=1S/C16H24N4O4/c1-11(2)15-17-14(18-24-15)9-19(3)12-4-5-20(8-12)16(21)13-10-22-6-7-23-13/h10-12H,4-9H2,1-3H3/t12-/m0/s1. The number of likely N-dealkylation sites (tertiary alicyclic amines) is 1. The molecule has 8 heteroatoms. The molecule has 2 aliphatic rings. The molecular weight excluding hydrogens is 312 g/mol. The minimum absolute atomic E-state index is 0.104. The SMILES string of the molecule is CC(C)c1nc(CN(C)[C@H]2CCN(C(=O)C3=COCCO3)C2)no1. The molecule has 1 atom stereocenters. The molecule has 1 amide bonds. The molecule has 1 saturated heterocycles. The largest absolute Gasteiger partial charge is 0.494 e. The van der Waals surface area contributed by atoms with Crippen LogP contribution in [0.25, 0.3) is 0 Å². The molecule has 2 aliphatic heterocycles. The lowest BCUT2D eigenvalue weighted by Crippen LogP contribution is -2.37. The first-order valence-electron chi connectivity index (χ1n) is 8.31. The van der Waals surface area contributed by atoms with E-state index in [1.807, 2.05) is 20.9 Å². The smallest absolute Gasteiger partial charge is 0.292 e.